The zero-order valence-electron chi connectivity index (χ0n) is 8.04. The summed E-state index contributed by atoms with van der Waals surface area (Å²) in [4.78, 5) is 0. The van der Waals surface area contributed by atoms with Gasteiger partial charge in [-0.15, -0.1) is 10.2 Å². The molecule has 1 N–H and O–H groups in total. The van der Waals surface area contributed by atoms with Crippen molar-refractivity contribution < 1.29 is 4.74 Å². The SMILES string of the molecule is CCCOCc1nnc(CNC)s1. The molecule has 0 spiro atoms. The normalized spacial score (nSPS) is 10.6. The number of rotatable bonds is 6. The molecule has 0 aliphatic heterocycles. The molecule has 0 aromatic carbocycles. The lowest BCUT2D eigenvalue weighted by Gasteiger charge is -1.96. The molecule has 0 aliphatic carbocycles. The quantitative estimate of drug-likeness (QED) is 0.702. The van der Waals surface area contributed by atoms with Crippen LogP contribution in [0.2, 0.25) is 0 Å². The van der Waals surface area contributed by atoms with Crippen LogP contribution in [-0.4, -0.2) is 23.9 Å². The van der Waals surface area contributed by atoms with Crippen LogP contribution >= 0.6 is 11.3 Å². The van der Waals surface area contributed by atoms with Crippen LogP contribution in [0.3, 0.4) is 0 Å². The van der Waals surface area contributed by atoms with Gasteiger partial charge in [-0.25, -0.2) is 0 Å². The third-order valence-electron chi connectivity index (χ3n) is 1.41. The molecule has 0 fully saturated rings. The Morgan fingerprint density at radius 3 is 2.85 bits per heavy atom. The minimum absolute atomic E-state index is 0.592. The first-order valence-corrected chi connectivity index (χ1v) is 5.22. The first kappa shape index (κ1) is 10.6. The summed E-state index contributed by atoms with van der Waals surface area (Å²) in [5.41, 5.74) is 0. The molecule has 1 rings (SSSR count). The van der Waals surface area contributed by atoms with Crippen LogP contribution in [-0.2, 0) is 17.9 Å². The Hall–Kier alpha value is -0.520. The van der Waals surface area contributed by atoms with Gasteiger partial charge in [0.05, 0.1) is 0 Å². The van der Waals surface area contributed by atoms with E-state index >= 15 is 0 Å². The molecule has 4 nitrogen and oxygen atoms in total. The molecule has 0 atom stereocenters. The Kier molecular flexibility index (Phi) is 4.88. The first-order chi connectivity index (χ1) is 6.36. The van der Waals surface area contributed by atoms with Crippen LogP contribution in [0.4, 0.5) is 0 Å². The second kappa shape index (κ2) is 6.01. The van der Waals surface area contributed by atoms with Gasteiger partial charge in [0.1, 0.15) is 16.6 Å². The van der Waals surface area contributed by atoms with E-state index in [4.69, 9.17) is 4.74 Å². The molecule has 0 aliphatic rings. The van der Waals surface area contributed by atoms with Gasteiger partial charge in [0, 0.05) is 13.2 Å². The van der Waals surface area contributed by atoms with Crippen LogP contribution in [0, 0.1) is 0 Å². The Bertz CT molecular complexity index is 239. The Labute approximate surface area is 82.3 Å². The molecule has 1 heterocycles. The number of nitrogens with zero attached hydrogens (tertiary/aromatic N) is 2. The van der Waals surface area contributed by atoms with Crippen molar-refractivity contribution in [3.8, 4) is 0 Å². The van der Waals surface area contributed by atoms with Crippen molar-refractivity contribution in [3.05, 3.63) is 10.0 Å². The number of hydrogen-bond acceptors (Lipinski definition) is 5. The second-order valence-corrected chi connectivity index (χ2v) is 3.82. The van der Waals surface area contributed by atoms with Crippen LogP contribution in [0.25, 0.3) is 0 Å². The van der Waals surface area contributed by atoms with Crippen LogP contribution < -0.4 is 5.32 Å². The van der Waals surface area contributed by atoms with Gasteiger partial charge in [-0.2, -0.15) is 0 Å². The predicted molar refractivity (Wildman–Crippen MR) is 52.6 cm³/mol. The molecular weight excluding hydrogens is 186 g/mol. The predicted octanol–water partition coefficient (Wildman–Crippen LogP) is 1.18. The fourth-order valence-corrected chi connectivity index (χ4v) is 1.67. The van der Waals surface area contributed by atoms with Gasteiger partial charge in [0.15, 0.2) is 0 Å². The third kappa shape index (κ3) is 3.80. The molecule has 0 bridgehead atoms. The van der Waals surface area contributed by atoms with E-state index < -0.39 is 0 Å². The summed E-state index contributed by atoms with van der Waals surface area (Å²) in [6.45, 7) is 4.26. The largest absolute Gasteiger partial charge is 0.374 e. The van der Waals surface area contributed by atoms with E-state index in [-0.39, 0.29) is 0 Å². The van der Waals surface area contributed by atoms with Crippen molar-refractivity contribution in [2.45, 2.75) is 26.5 Å². The molecule has 0 radical (unpaired) electrons. The van der Waals surface area contributed by atoms with Crippen LogP contribution in [0.1, 0.15) is 23.4 Å². The zero-order valence-corrected chi connectivity index (χ0v) is 8.86. The van der Waals surface area contributed by atoms with Crippen molar-refractivity contribution >= 4 is 11.3 Å². The highest BCUT2D eigenvalue weighted by molar-refractivity contribution is 7.11. The maximum absolute atomic E-state index is 5.35. The van der Waals surface area contributed by atoms with Gasteiger partial charge in [-0.3, -0.25) is 0 Å². The van der Waals surface area contributed by atoms with Gasteiger partial charge >= 0.3 is 0 Å². The third-order valence-corrected chi connectivity index (χ3v) is 2.31. The summed E-state index contributed by atoms with van der Waals surface area (Å²) in [5.74, 6) is 0. The standard InChI is InChI=1S/C8H15N3OS/c1-3-4-12-6-8-11-10-7(13-8)5-9-2/h9H,3-6H2,1-2H3. The maximum Gasteiger partial charge on any atom is 0.143 e. The fourth-order valence-electron chi connectivity index (χ4n) is 0.873. The van der Waals surface area contributed by atoms with E-state index in [1.54, 1.807) is 11.3 Å². The molecule has 13 heavy (non-hydrogen) atoms. The summed E-state index contributed by atoms with van der Waals surface area (Å²) >= 11 is 1.60. The molecule has 1 aromatic rings. The smallest absolute Gasteiger partial charge is 0.143 e. The summed E-state index contributed by atoms with van der Waals surface area (Å²) in [7, 11) is 1.90. The summed E-state index contributed by atoms with van der Waals surface area (Å²) in [6, 6.07) is 0. The van der Waals surface area contributed by atoms with E-state index in [9.17, 15) is 0 Å². The second-order valence-electron chi connectivity index (χ2n) is 2.67. The van der Waals surface area contributed by atoms with Gasteiger partial charge in [0.25, 0.3) is 0 Å². The summed E-state index contributed by atoms with van der Waals surface area (Å²) < 4.78 is 5.35. The van der Waals surface area contributed by atoms with E-state index in [1.807, 2.05) is 7.05 Å². The summed E-state index contributed by atoms with van der Waals surface area (Å²) in [5, 5.41) is 13.0. The summed E-state index contributed by atoms with van der Waals surface area (Å²) in [6.07, 6.45) is 1.04. The van der Waals surface area contributed by atoms with E-state index in [2.05, 4.69) is 22.4 Å². The molecule has 0 saturated heterocycles. The molecule has 0 amide bonds. The van der Waals surface area contributed by atoms with E-state index in [1.165, 1.54) is 0 Å². The number of aromatic nitrogens is 2. The van der Waals surface area contributed by atoms with Crippen molar-refractivity contribution in [2.24, 2.45) is 0 Å². The molecule has 0 unspecified atom stereocenters. The Balaban J connectivity index is 2.31. The number of nitrogens with one attached hydrogen (secondary N) is 1. The van der Waals surface area contributed by atoms with Crippen molar-refractivity contribution in [3.63, 3.8) is 0 Å². The highest BCUT2D eigenvalue weighted by atomic mass is 32.1. The van der Waals surface area contributed by atoms with Gasteiger partial charge in [-0.05, 0) is 13.5 Å². The average Bonchev–Trinajstić information content (AvgIpc) is 2.54. The molecule has 0 saturated carbocycles. The lowest BCUT2D eigenvalue weighted by molar-refractivity contribution is 0.121. The zero-order chi connectivity index (χ0) is 9.52. The molecule has 74 valence electrons. The van der Waals surface area contributed by atoms with E-state index in [0.29, 0.717) is 6.61 Å². The highest BCUT2D eigenvalue weighted by Crippen LogP contribution is 2.10. The van der Waals surface area contributed by atoms with Gasteiger partial charge < -0.3 is 10.1 Å². The minimum Gasteiger partial charge on any atom is -0.374 e. The topological polar surface area (TPSA) is 47.0 Å². The fraction of sp³-hybridized carbons (Fsp3) is 0.750. The minimum atomic E-state index is 0.592. The number of ether oxygens (including phenoxy) is 1. The number of hydrogen-bond donors (Lipinski definition) is 1. The Morgan fingerprint density at radius 2 is 2.15 bits per heavy atom. The van der Waals surface area contributed by atoms with Crippen LogP contribution in [0.5, 0.6) is 0 Å². The molecule has 1 aromatic heterocycles. The van der Waals surface area contributed by atoms with Gasteiger partial charge in [-0.1, -0.05) is 18.3 Å². The Morgan fingerprint density at radius 1 is 1.38 bits per heavy atom. The van der Waals surface area contributed by atoms with Gasteiger partial charge in [0.2, 0.25) is 0 Å². The monoisotopic (exact) mass is 201 g/mol. The van der Waals surface area contributed by atoms with Crippen molar-refractivity contribution in [1.29, 1.82) is 0 Å². The lowest BCUT2D eigenvalue weighted by atomic mass is 10.5. The lowest BCUT2D eigenvalue weighted by Crippen LogP contribution is -2.04. The van der Waals surface area contributed by atoms with E-state index in [0.717, 1.165) is 29.6 Å². The van der Waals surface area contributed by atoms with Crippen LogP contribution in [0.15, 0.2) is 0 Å². The average molecular weight is 201 g/mol. The first-order valence-electron chi connectivity index (χ1n) is 4.40. The highest BCUT2D eigenvalue weighted by Gasteiger charge is 2.02. The maximum atomic E-state index is 5.35. The van der Waals surface area contributed by atoms with Crippen molar-refractivity contribution in [2.75, 3.05) is 13.7 Å². The molecule has 5 heteroatoms. The van der Waals surface area contributed by atoms with Crippen molar-refractivity contribution in [1.82, 2.24) is 15.5 Å². The molecular formula is C8H15N3OS.